The summed E-state index contributed by atoms with van der Waals surface area (Å²) in [5.41, 5.74) is 0. The molecule has 1 unspecified atom stereocenters. The monoisotopic (exact) mass is 161 g/mol. The molecule has 1 aliphatic heterocycles. The summed E-state index contributed by atoms with van der Waals surface area (Å²) in [7, 11) is 0. The van der Waals surface area contributed by atoms with E-state index in [4.69, 9.17) is 11.6 Å². The zero-order valence-electron chi connectivity index (χ0n) is 6.81. The molecule has 1 rings (SSSR count). The molecule has 2 heteroatoms. The zero-order valence-corrected chi connectivity index (χ0v) is 7.56. The van der Waals surface area contributed by atoms with Crippen molar-refractivity contribution < 1.29 is 0 Å². The van der Waals surface area contributed by atoms with Crippen molar-refractivity contribution in [3.63, 3.8) is 0 Å². The third kappa shape index (κ3) is 1.64. The molecule has 2 atom stereocenters. The van der Waals surface area contributed by atoms with Gasteiger partial charge in [-0.1, -0.05) is 0 Å². The quantitative estimate of drug-likeness (QED) is 0.561. The molecule has 1 saturated heterocycles. The van der Waals surface area contributed by atoms with Crippen molar-refractivity contribution in [1.82, 2.24) is 4.90 Å². The van der Waals surface area contributed by atoms with Crippen molar-refractivity contribution in [2.24, 2.45) is 0 Å². The molecule has 0 aliphatic carbocycles. The van der Waals surface area contributed by atoms with E-state index in [9.17, 15) is 0 Å². The zero-order chi connectivity index (χ0) is 7.56. The molecule has 10 heavy (non-hydrogen) atoms. The van der Waals surface area contributed by atoms with Crippen LogP contribution < -0.4 is 0 Å². The van der Waals surface area contributed by atoms with E-state index in [1.54, 1.807) is 0 Å². The van der Waals surface area contributed by atoms with Gasteiger partial charge >= 0.3 is 0 Å². The lowest BCUT2D eigenvalue weighted by Crippen LogP contribution is -2.34. The standard InChI is InChI=1S/C8H16ClN/c1-7-3-4-8(2)10(7)6-5-9/h7-8H,3-6H2,1-2H3/t7-,8?/m0/s1. The van der Waals surface area contributed by atoms with Crippen molar-refractivity contribution in [2.45, 2.75) is 38.8 Å². The molecule has 0 radical (unpaired) electrons. The van der Waals surface area contributed by atoms with E-state index in [-0.39, 0.29) is 0 Å². The Kier molecular flexibility index (Phi) is 2.99. The predicted octanol–water partition coefficient (Wildman–Crippen LogP) is 2.10. The summed E-state index contributed by atoms with van der Waals surface area (Å²) in [4.78, 5) is 2.49. The molecule has 1 fully saturated rings. The topological polar surface area (TPSA) is 3.24 Å². The van der Waals surface area contributed by atoms with Crippen LogP contribution in [0.25, 0.3) is 0 Å². The minimum absolute atomic E-state index is 0.758. The lowest BCUT2D eigenvalue weighted by Gasteiger charge is -2.24. The number of hydrogen-bond acceptors (Lipinski definition) is 1. The predicted molar refractivity (Wildman–Crippen MR) is 45.6 cm³/mol. The van der Waals surface area contributed by atoms with Crippen LogP contribution in [0.15, 0.2) is 0 Å². The Balaban J connectivity index is 2.38. The van der Waals surface area contributed by atoms with E-state index in [2.05, 4.69) is 18.7 Å². The molecular weight excluding hydrogens is 146 g/mol. The highest BCUT2D eigenvalue weighted by molar-refractivity contribution is 6.18. The van der Waals surface area contributed by atoms with Gasteiger partial charge in [0.1, 0.15) is 0 Å². The van der Waals surface area contributed by atoms with E-state index in [0.717, 1.165) is 24.5 Å². The smallest absolute Gasteiger partial charge is 0.0351 e. The van der Waals surface area contributed by atoms with Crippen LogP contribution in [0.3, 0.4) is 0 Å². The molecule has 0 saturated carbocycles. The summed E-state index contributed by atoms with van der Waals surface area (Å²) in [6.45, 7) is 5.63. The fourth-order valence-electron chi connectivity index (χ4n) is 1.79. The fraction of sp³-hybridized carbons (Fsp3) is 1.00. The minimum Gasteiger partial charge on any atom is -0.297 e. The lowest BCUT2D eigenvalue weighted by molar-refractivity contribution is 0.228. The fourth-order valence-corrected chi connectivity index (χ4v) is 1.98. The van der Waals surface area contributed by atoms with Gasteiger partial charge < -0.3 is 0 Å². The van der Waals surface area contributed by atoms with Crippen LogP contribution in [-0.2, 0) is 0 Å². The molecule has 0 bridgehead atoms. The molecule has 0 aromatic rings. The summed E-state index contributed by atoms with van der Waals surface area (Å²) >= 11 is 5.67. The van der Waals surface area contributed by atoms with Crippen molar-refractivity contribution >= 4 is 11.6 Å². The van der Waals surface area contributed by atoms with E-state index in [1.165, 1.54) is 12.8 Å². The molecule has 60 valence electrons. The van der Waals surface area contributed by atoms with E-state index >= 15 is 0 Å². The molecule has 1 heterocycles. The van der Waals surface area contributed by atoms with Gasteiger partial charge in [0.2, 0.25) is 0 Å². The number of hydrogen-bond donors (Lipinski definition) is 0. The van der Waals surface area contributed by atoms with Gasteiger partial charge in [-0.05, 0) is 26.7 Å². The van der Waals surface area contributed by atoms with Crippen LogP contribution >= 0.6 is 11.6 Å². The van der Waals surface area contributed by atoms with Gasteiger partial charge in [0.15, 0.2) is 0 Å². The first kappa shape index (κ1) is 8.35. The molecule has 0 aromatic carbocycles. The Hall–Kier alpha value is 0.250. The summed E-state index contributed by atoms with van der Waals surface area (Å²) in [6.07, 6.45) is 2.69. The second kappa shape index (κ2) is 3.59. The van der Waals surface area contributed by atoms with E-state index in [1.807, 2.05) is 0 Å². The van der Waals surface area contributed by atoms with Crippen LogP contribution in [0.4, 0.5) is 0 Å². The Morgan fingerprint density at radius 3 is 2.20 bits per heavy atom. The largest absolute Gasteiger partial charge is 0.297 e. The van der Waals surface area contributed by atoms with Crippen LogP contribution in [0, 0.1) is 0 Å². The maximum absolute atomic E-state index is 5.67. The second-order valence-electron chi connectivity index (χ2n) is 3.20. The number of likely N-dealkylation sites (tertiary alicyclic amines) is 1. The third-order valence-electron chi connectivity index (χ3n) is 2.48. The van der Waals surface area contributed by atoms with Crippen LogP contribution in [0.2, 0.25) is 0 Å². The summed E-state index contributed by atoms with van der Waals surface area (Å²) in [5.74, 6) is 0.773. The third-order valence-corrected chi connectivity index (χ3v) is 2.65. The van der Waals surface area contributed by atoms with Gasteiger partial charge in [0.25, 0.3) is 0 Å². The summed E-state index contributed by atoms with van der Waals surface area (Å²) in [5, 5.41) is 0. The van der Waals surface area contributed by atoms with Crippen molar-refractivity contribution in [2.75, 3.05) is 12.4 Å². The van der Waals surface area contributed by atoms with Gasteiger partial charge in [-0.15, -0.1) is 11.6 Å². The lowest BCUT2D eigenvalue weighted by atomic mass is 10.2. The van der Waals surface area contributed by atoms with E-state index < -0.39 is 0 Å². The van der Waals surface area contributed by atoms with Crippen LogP contribution in [0.5, 0.6) is 0 Å². The average molecular weight is 162 g/mol. The van der Waals surface area contributed by atoms with Crippen molar-refractivity contribution in [1.29, 1.82) is 0 Å². The highest BCUT2D eigenvalue weighted by Crippen LogP contribution is 2.22. The number of halogens is 1. The first-order valence-corrected chi connectivity index (χ1v) is 4.61. The summed E-state index contributed by atoms with van der Waals surface area (Å²) in [6, 6.07) is 1.52. The van der Waals surface area contributed by atoms with E-state index in [0.29, 0.717) is 0 Å². The van der Waals surface area contributed by atoms with Crippen LogP contribution in [-0.4, -0.2) is 29.4 Å². The van der Waals surface area contributed by atoms with Gasteiger partial charge in [-0.2, -0.15) is 0 Å². The highest BCUT2D eigenvalue weighted by atomic mass is 35.5. The highest BCUT2D eigenvalue weighted by Gasteiger charge is 2.25. The van der Waals surface area contributed by atoms with Gasteiger partial charge in [-0.3, -0.25) is 4.90 Å². The molecule has 0 amide bonds. The Labute approximate surface area is 68.4 Å². The molecule has 0 aromatic heterocycles. The number of rotatable bonds is 2. The van der Waals surface area contributed by atoms with Gasteiger partial charge in [-0.25, -0.2) is 0 Å². The van der Waals surface area contributed by atoms with Crippen molar-refractivity contribution in [3.05, 3.63) is 0 Å². The first-order chi connectivity index (χ1) is 4.75. The van der Waals surface area contributed by atoms with Gasteiger partial charge in [0, 0.05) is 24.5 Å². The molecular formula is C8H16ClN. The SMILES string of the molecule is CC1CC[C@H](C)N1CCCl. The molecule has 1 nitrogen and oxygen atoms in total. The van der Waals surface area contributed by atoms with Crippen LogP contribution in [0.1, 0.15) is 26.7 Å². The molecule has 0 spiro atoms. The second-order valence-corrected chi connectivity index (χ2v) is 3.58. The molecule has 1 aliphatic rings. The number of alkyl halides is 1. The maximum Gasteiger partial charge on any atom is 0.0351 e. The molecule has 0 N–H and O–H groups in total. The Morgan fingerprint density at radius 1 is 1.30 bits per heavy atom. The maximum atomic E-state index is 5.67. The number of nitrogens with zero attached hydrogens (tertiary/aromatic N) is 1. The van der Waals surface area contributed by atoms with Gasteiger partial charge in [0.05, 0.1) is 0 Å². The average Bonchev–Trinajstić information content (AvgIpc) is 2.20. The normalized spacial score (nSPS) is 35.1. The van der Waals surface area contributed by atoms with Crippen molar-refractivity contribution in [3.8, 4) is 0 Å². The Morgan fingerprint density at radius 2 is 1.80 bits per heavy atom. The first-order valence-electron chi connectivity index (χ1n) is 4.07. The minimum atomic E-state index is 0.758. The summed E-state index contributed by atoms with van der Waals surface area (Å²) < 4.78 is 0. The Bertz CT molecular complexity index is 95.4.